The molecule has 1 rings (SSSR count). The van der Waals surface area contributed by atoms with E-state index in [1.54, 1.807) is 33.5 Å². The van der Waals surface area contributed by atoms with Crippen molar-refractivity contribution in [1.82, 2.24) is 0 Å². The van der Waals surface area contributed by atoms with E-state index in [-0.39, 0.29) is 0 Å². The minimum absolute atomic E-state index is 0.550. The zero-order valence-electron chi connectivity index (χ0n) is 8.98. The van der Waals surface area contributed by atoms with Gasteiger partial charge in [-0.15, -0.1) is 0 Å². The molecule has 0 amide bonds. The van der Waals surface area contributed by atoms with Crippen LogP contribution in [0.1, 0.15) is 5.56 Å². The Morgan fingerprint density at radius 1 is 1.07 bits per heavy atom. The molecule has 1 aromatic rings. The number of hydrogen-bond acceptors (Lipinski definition) is 5. The summed E-state index contributed by atoms with van der Waals surface area (Å²) in [5.74, 6) is 6.77. The van der Waals surface area contributed by atoms with Gasteiger partial charge in [-0.25, -0.2) is 0 Å². The molecule has 82 valence electrons. The van der Waals surface area contributed by atoms with Crippen molar-refractivity contribution in [3.8, 4) is 17.2 Å². The van der Waals surface area contributed by atoms with E-state index in [1.165, 1.54) is 6.21 Å². The summed E-state index contributed by atoms with van der Waals surface area (Å²) < 4.78 is 15.5. The highest BCUT2D eigenvalue weighted by atomic mass is 16.5. The summed E-state index contributed by atoms with van der Waals surface area (Å²) in [6, 6.07) is 3.52. The lowest BCUT2D eigenvalue weighted by atomic mass is 10.2. The van der Waals surface area contributed by atoms with Crippen LogP contribution in [0.4, 0.5) is 0 Å². The van der Waals surface area contributed by atoms with E-state index in [4.69, 9.17) is 20.1 Å². The quantitative estimate of drug-likeness (QED) is 0.457. The van der Waals surface area contributed by atoms with Gasteiger partial charge in [0.15, 0.2) is 11.5 Å². The molecular weight excluding hydrogens is 196 g/mol. The van der Waals surface area contributed by atoms with Crippen LogP contribution in [-0.2, 0) is 0 Å². The van der Waals surface area contributed by atoms with Gasteiger partial charge >= 0.3 is 0 Å². The van der Waals surface area contributed by atoms with Crippen molar-refractivity contribution in [2.45, 2.75) is 0 Å². The van der Waals surface area contributed by atoms with Gasteiger partial charge in [0.1, 0.15) is 0 Å². The first-order valence-corrected chi connectivity index (χ1v) is 4.30. The number of hydrogen-bond donors (Lipinski definition) is 1. The molecule has 0 fully saturated rings. The Balaban J connectivity index is 3.28. The van der Waals surface area contributed by atoms with Gasteiger partial charge in [-0.05, 0) is 12.1 Å². The van der Waals surface area contributed by atoms with Gasteiger partial charge in [0, 0.05) is 5.56 Å². The molecule has 0 heterocycles. The summed E-state index contributed by atoms with van der Waals surface area (Å²) in [6.07, 6.45) is 1.50. The second-order valence-electron chi connectivity index (χ2n) is 2.74. The van der Waals surface area contributed by atoms with Crippen LogP contribution in [0.2, 0.25) is 0 Å². The van der Waals surface area contributed by atoms with E-state index in [0.717, 1.165) is 5.56 Å². The Morgan fingerprint density at radius 2 is 1.60 bits per heavy atom. The van der Waals surface area contributed by atoms with Gasteiger partial charge in [0.25, 0.3) is 0 Å². The van der Waals surface area contributed by atoms with Crippen LogP contribution < -0.4 is 20.1 Å². The lowest BCUT2D eigenvalue weighted by Crippen LogP contribution is -1.97. The highest BCUT2D eigenvalue weighted by molar-refractivity contribution is 5.82. The average Bonchev–Trinajstić information content (AvgIpc) is 2.28. The Morgan fingerprint density at radius 3 is 1.93 bits per heavy atom. The largest absolute Gasteiger partial charge is 0.493 e. The first kappa shape index (κ1) is 11.2. The first-order valence-electron chi connectivity index (χ1n) is 4.30. The standard InChI is InChI=1S/C10H14N2O3/c1-13-8-4-7(6-12-11)5-9(14-2)10(8)15-3/h4-6H,11H2,1-3H3/b12-6-. The molecule has 0 aliphatic heterocycles. The summed E-state index contributed by atoms with van der Waals surface area (Å²) in [7, 11) is 4.67. The molecule has 0 aliphatic carbocycles. The molecule has 15 heavy (non-hydrogen) atoms. The highest BCUT2D eigenvalue weighted by Crippen LogP contribution is 2.37. The molecule has 0 spiro atoms. The van der Waals surface area contributed by atoms with Crippen LogP contribution in [0, 0.1) is 0 Å². The first-order chi connectivity index (χ1) is 7.26. The summed E-state index contributed by atoms with van der Waals surface area (Å²) >= 11 is 0. The number of ether oxygens (including phenoxy) is 3. The van der Waals surface area contributed by atoms with Crippen molar-refractivity contribution in [3.63, 3.8) is 0 Å². The third-order valence-corrected chi connectivity index (χ3v) is 1.91. The fraction of sp³-hybridized carbons (Fsp3) is 0.300. The third kappa shape index (κ3) is 2.31. The predicted molar refractivity (Wildman–Crippen MR) is 57.9 cm³/mol. The molecule has 0 saturated heterocycles. The van der Waals surface area contributed by atoms with E-state index in [2.05, 4.69) is 5.10 Å². The number of benzene rings is 1. The van der Waals surface area contributed by atoms with Gasteiger partial charge in [-0.2, -0.15) is 5.10 Å². The smallest absolute Gasteiger partial charge is 0.203 e. The molecule has 0 saturated carbocycles. The van der Waals surface area contributed by atoms with E-state index in [9.17, 15) is 0 Å². The van der Waals surface area contributed by atoms with Gasteiger partial charge in [0.2, 0.25) is 5.75 Å². The monoisotopic (exact) mass is 210 g/mol. The molecule has 0 aromatic heterocycles. The molecule has 2 N–H and O–H groups in total. The summed E-state index contributed by atoms with van der Waals surface area (Å²) in [5.41, 5.74) is 0.784. The van der Waals surface area contributed by atoms with Crippen LogP contribution in [0.15, 0.2) is 17.2 Å². The maximum Gasteiger partial charge on any atom is 0.203 e. The van der Waals surface area contributed by atoms with Crippen LogP contribution in [0.3, 0.4) is 0 Å². The second kappa shape index (κ2) is 5.09. The van der Waals surface area contributed by atoms with Crippen LogP contribution >= 0.6 is 0 Å². The maximum atomic E-state index is 5.17. The van der Waals surface area contributed by atoms with Crippen LogP contribution in [0.5, 0.6) is 17.2 Å². The van der Waals surface area contributed by atoms with E-state index >= 15 is 0 Å². The molecule has 0 radical (unpaired) electrons. The van der Waals surface area contributed by atoms with Crippen LogP contribution in [0.25, 0.3) is 0 Å². The topological polar surface area (TPSA) is 66.1 Å². The van der Waals surface area contributed by atoms with Gasteiger partial charge in [-0.3, -0.25) is 0 Å². The molecular formula is C10H14N2O3. The SMILES string of the molecule is COc1cc(/C=N\N)cc(OC)c1OC. The van der Waals surface area contributed by atoms with Gasteiger partial charge < -0.3 is 20.1 Å². The zero-order chi connectivity index (χ0) is 11.3. The van der Waals surface area contributed by atoms with Crippen molar-refractivity contribution in [1.29, 1.82) is 0 Å². The predicted octanol–water partition coefficient (Wildman–Crippen LogP) is 1.00. The normalized spacial score (nSPS) is 10.3. The minimum Gasteiger partial charge on any atom is -0.493 e. The third-order valence-electron chi connectivity index (χ3n) is 1.91. The lowest BCUT2D eigenvalue weighted by Gasteiger charge is -2.12. The fourth-order valence-corrected chi connectivity index (χ4v) is 1.26. The van der Waals surface area contributed by atoms with E-state index in [0.29, 0.717) is 17.2 Å². The number of nitrogens with zero attached hydrogens (tertiary/aromatic N) is 1. The molecule has 1 aromatic carbocycles. The zero-order valence-corrected chi connectivity index (χ0v) is 8.98. The van der Waals surface area contributed by atoms with E-state index < -0.39 is 0 Å². The van der Waals surface area contributed by atoms with Gasteiger partial charge in [-0.1, -0.05) is 0 Å². The number of hydrazone groups is 1. The Kier molecular flexibility index (Phi) is 3.79. The Hall–Kier alpha value is -1.91. The van der Waals surface area contributed by atoms with Crippen LogP contribution in [-0.4, -0.2) is 27.5 Å². The number of nitrogens with two attached hydrogens (primary N) is 1. The van der Waals surface area contributed by atoms with Crippen molar-refractivity contribution < 1.29 is 14.2 Å². The fourth-order valence-electron chi connectivity index (χ4n) is 1.26. The second-order valence-corrected chi connectivity index (χ2v) is 2.74. The number of methoxy groups -OCH3 is 3. The molecule has 0 aliphatic rings. The summed E-state index contributed by atoms with van der Waals surface area (Å²) in [5, 5.41) is 3.44. The molecule has 0 atom stereocenters. The Labute approximate surface area is 88.4 Å². The van der Waals surface area contributed by atoms with E-state index in [1.807, 2.05) is 0 Å². The highest BCUT2D eigenvalue weighted by Gasteiger charge is 2.11. The van der Waals surface area contributed by atoms with Crippen molar-refractivity contribution in [2.24, 2.45) is 10.9 Å². The average molecular weight is 210 g/mol. The molecule has 0 bridgehead atoms. The summed E-state index contributed by atoms with van der Waals surface area (Å²) in [6.45, 7) is 0. The van der Waals surface area contributed by atoms with Crippen molar-refractivity contribution >= 4 is 6.21 Å². The lowest BCUT2D eigenvalue weighted by molar-refractivity contribution is 0.324. The molecule has 5 nitrogen and oxygen atoms in total. The van der Waals surface area contributed by atoms with Crippen molar-refractivity contribution in [2.75, 3.05) is 21.3 Å². The Bertz CT molecular complexity index is 339. The molecule has 5 heteroatoms. The maximum absolute atomic E-state index is 5.17. The molecule has 0 unspecified atom stereocenters. The van der Waals surface area contributed by atoms with Crippen molar-refractivity contribution in [3.05, 3.63) is 17.7 Å². The van der Waals surface area contributed by atoms with Gasteiger partial charge in [0.05, 0.1) is 27.5 Å². The number of rotatable bonds is 4. The minimum atomic E-state index is 0.550. The summed E-state index contributed by atoms with van der Waals surface area (Å²) in [4.78, 5) is 0.